The number of pyridine rings is 1. The van der Waals surface area contributed by atoms with E-state index >= 15 is 0 Å². The molecule has 9 nitrogen and oxygen atoms in total. The number of amides is 1. The molecule has 0 radical (unpaired) electrons. The highest BCUT2D eigenvalue weighted by Crippen LogP contribution is 2.32. The van der Waals surface area contributed by atoms with Gasteiger partial charge in [0, 0.05) is 67.9 Å². The molecule has 1 saturated heterocycles. The number of para-hydroxylation sites is 1. The highest BCUT2D eigenvalue weighted by Gasteiger charge is 2.30. The first-order chi connectivity index (χ1) is 19.1. The number of ether oxygens (including phenoxy) is 1. The van der Waals surface area contributed by atoms with Crippen molar-refractivity contribution in [2.24, 2.45) is 5.41 Å². The Morgan fingerprint density at radius 2 is 1.75 bits per heavy atom. The van der Waals surface area contributed by atoms with Crippen LogP contribution in [0.5, 0.6) is 0 Å². The Labute approximate surface area is 234 Å². The summed E-state index contributed by atoms with van der Waals surface area (Å²) in [6.07, 6.45) is 8.29. The van der Waals surface area contributed by atoms with Crippen LogP contribution in [0.25, 0.3) is 10.9 Å². The van der Waals surface area contributed by atoms with Gasteiger partial charge in [-0.2, -0.15) is 0 Å². The quantitative estimate of drug-likeness (QED) is 0.431. The van der Waals surface area contributed by atoms with Crippen molar-refractivity contribution in [3.63, 3.8) is 0 Å². The van der Waals surface area contributed by atoms with Crippen LogP contribution in [0.4, 0.5) is 5.69 Å². The number of nitrogens with zero attached hydrogens (tertiary/aromatic N) is 3. The summed E-state index contributed by atoms with van der Waals surface area (Å²) in [4.78, 5) is 33.0. The Kier molecular flexibility index (Phi) is 7.73. The van der Waals surface area contributed by atoms with Crippen molar-refractivity contribution in [2.75, 3.05) is 37.4 Å². The predicted octanol–water partition coefficient (Wildman–Crippen LogP) is 4.21. The zero-order valence-electron chi connectivity index (χ0n) is 22.5. The second kappa shape index (κ2) is 11.2. The number of allylic oxidation sites excluding steroid dienone is 2. The summed E-state index contributed by atoms with van der Waals surface area (Å²) >= 11 is 0. The van der Waals surface area contributed by atoms with E-state index in [4.69, 9.17) is 4.74 Å². The molecule has 1 atom stereocenters. The number of rotatable bonds is 7. The van der Waals surface area contributed by atoms with E-state index in [1.54, 1.807) is 42.6 Å². The van der Waals surface area contributed by atoms with Gasteiger partial charge in [0.25, 0.3) is 15.9 Å². The molecule has 0 spiro atoms. The molecule has 1 aliphatic carbocycles. The largest absolute Gasteiger partial charge is 0.427 e. The SMILES string of the molecule is CC(=O)OC1=CC(C)(CN2CCN(C(=O)c3ccc(NS(=O)(=O)c4cccc5cccnc45)cc3)CC2)CC=C1. The lowest BCUT2D eigenvalue weighted by Gasteiger charge is -2.39. The molecule has 208 valence electrons. The smallest absolute Gasteiger partial charge is 0.308 e. The van der Waals surface area contributed by atoms with Gasteiger partial charge in [0.15, 0.2) is 0 Å². The fourth-order valence-corrected chi connectivity index (χ4v) is 6.46. The number of aromatic nitrogens is 1. The average molecular weight is 561 g/mol. The van der Waals surface area contributed by atoms with Gasteiger partial charge < -0.3 is 9.64 Å². The number of benzene rings is 2. The summed E-state index contributed by atoms with van der Waals surface area (Å²) < 4.78 is 34.0. The summed E-state index contributed by atoms with van der Waals surface area (Å²) in [5, 5.41) is 0.735. The van der Waals surface area contributed by atoms with Crippen LogP contribution in [0.3, 0.4) is 0 Å². The van der Waals surface area contributed by atoms with Crippen molar-refractivity contribution in [3.8, 4) is 0 Å². The third-order valence-electron chi connectivity index (χ3n) is 7.13. The normalized spacial score (nSPS) is 19.8. The van der Waals surface area contributed by atoms with E-state index in [9.17, 15) is 18.0 Å². The van der Waals surface area contributed by atoms with Gasteiger partial charge in [0.05, 0.1) is 5.52 Å². The summed E-state index contributed by atoms with van der Waals surface area (Å²) in [5.74, 6) is 0.158. The standard InChI is InChI=1S/C30H32N4O5S/c1-22(35)39-26-8-4-14-30(2,20-26)21-33-16-18-34(19-17-33)29(36)24-10-12-25(13-11-24)32-40(37,38)27-9-3-6-23-7-5-15-31-28(23)27/h3-13,15,20,32H,14,16-19,21H2,1-2H3. The minimum Gasteiger partial charge on any atom is -0.427 e. The number of hydrogen-bond donors (Lipinski definition) is 1. The maximum absolute atomic E-state index is 13.2. The molecule has 10 heteroatoms. The molecule has 1 unspecified atom stereocenters. The molecule has 1 amide bonds. The highest BCUT2D eigenvalue weighted by molar-refractivity contribution is 7.93. The molecule has 0 bridgehead atoms. The molecule has 1 fully saturated rings. The Morgan fingerprint density at radius 3 is 2.48 bits per heavy atom. The number of hydrogen-bond acceptors (Lipinski definition) is 7. The van der Waals surface area contributed by atoms with Crippen molar-refractivity contribution in [3.05, 3.63) is 90.3 Å². The van der Waals surface area contributed by atoms with Gasteiger partial charge in [-0.15, -0.1) is 0 Å². The van der Waals surface area contributed by atoms with Gasteiger partial charge in [-0.1, -0.05) is 31.2 Å². The fourth-order valence-electron chi connectivity index (χ4n) is 5.22. The highest BCUT2D eigenvalue weighted by atomic mass is 32.2. The molecule has 3 aromatic rings. The van der Waals surface area contributed by atoms with Gasteiger partial charge in [-0.25, -0.2) is 8.42 Å². The lowest BCUT2D eigenvalue weighted by molar-refractivity contribution is -0.136. The van der Waals surface area contributed by atoms with Crippen LogP contribution in [0.1, 0.15) is 30.6 Å². The second-order valence-electron chi connectivity index (χ2n) is 10.5. The van der Waals surface area contributed by atoms with Gasteiger partial charge >= 0.3 is 5.97 Å². The van der Waals surface area contributed by atoms with Gasteiger partial charge in [0.2, 0.25) is 0 Å². The van der Waals surface area contributed by atoms with Crippen LogP contribution in [0, 0.1) is 5.41 Å². The van der Waals surface area contributed by atoms with Crippen molar-refractivity contribution >= 4 is 38.5 Å². The molecule has 1 N–H and O–H groups in total. The van der Waals surface area contributed by atoms with Gasteiger partial charge in [0.1, 0.15) is 10.7 Å². The minimum absolute atomic E-state index is 0.0869. The number of piperazine rings is 1. The third kappa shape index (κ3) is 6.24. The van der Waals surface area contributed by atoms with Crippen LogP contribution in [0.2, 0.25) is 0 Å². The Balaban J connectivity index is 1.18. The van der Waals surface area contributed by atoms with E-state index in [0.29, 0.717) is 35.6 Å². The van der Waals surface area contributed by atoms with E-state index in [-0.39, 0.29) is 22.2 Å². The second-order valence-corrected chi connectivity index (χ2v) is 12.1. The molecule has 1 aliphatic heterocycles. The lowest BCUT2D eigenvalue weighted by Crippen LogP contribution is -2.51. The number of sulfonamides is 1. The van der Waals surface area contributed by atoms with Crippen LogP contribution in [0.15, 0.2) is 89.7 Å². The molecule has 1 aromatic heterocycles. The first kappa shape index (κ1) is 27.5. The number of esters is 1. The number of anilines is 1. The third-order valence-corrected chi connectivity index (χ3v) is 8.55. The number of carbonyl (C=O) groups excluding carboxylic acids is 2. The molecule has 40 heavy (non-hydrogen) atoms. The molecular weight excluding hydrogens is 528 g/mol. The van der Waals surface area contributed by atoms with Gasteiger partial charge in [-0.05, 0) is 55.0 Å². The summed E-state index contributed by atoms with van der Waals surface area (Å²) in [6, 6.07) is 15.1. The first-order valence-corrected chi connectivity index (χ1v) is 14.7. The van der Waals surface area contributed by atoms with E-state index in [1.165, 1.54) is 13.0 Å². The summed E-state index contributed by atoms with van der Waals surface area (Å²) in [6.45, 7) is 6.99. The average Bonchev–Trinajstić information content (AvgIpc) is 2.92. The Morgan fingerprint density at radius 1 is 1.02 bits per heavy atom. The maximum Gasteiger partial charge on any atom is 0.308 e. The summed E-state index contributed by atoms with van der Waals surface area (Å²) in [7, 11) is -3.87. The molecular formula is C30H32N4O5S. The fraction of sp³-hybridized carbons (Fsp3) is 0.300. The van der Waals surface area contributed by atoms with E-state index < -0.39 is 10.0 Å². The Hall–Kier alpha value is -4.02. The van der Waals surface area contributed by atoms with E-state index in [1.807, 2.05) is 35.3 Å². The topological polar surface area (TPSA) is 109 Å². The van der Waals surface area contributed by atoms with Crippen LogP contribution >= 0.6 is 0 Å². The predicted molar refractivity (Wildman–Crippen MR) is 153 cm³/mol. The van der Waals surface area contributed by atoms with Crippen LogP contribution < -0.4 is 4.72 Å². The maximum atomic E-state index is 13.2. The lowest BCUT2D eigenvalue weighted by atomic mass is 9.82. The monoisotopic (exact) mass is 560 g/mol. The van der Waals surface area contributed by atoms with E-state index in [0.717, 1.165) is 31.4 Å². The first-order valence-electron chi connectivity index (χ1n) is 13.2. The molecule has 2 heterocycles. The van der Waals surface area contributed by atoms with Crippen LogP contribution in [-0.2, 0) is 19.6 Å². The molecule has 2 aromatic carbocycles. The molecule has 0 saturated carbocycles. The zero-order valence-corrected chi connectivity index (χ0v) is 23.4. The van der Waals surface area contributed by atoms with Crippen molar-refractivity contribution in [1.29, 1.82) is 0 Å². The van der Waals surface area contributed by atoms with Crippen LogP contribution in [-0.4, -0.2) is 67.8 Å². The number of nitrogens with one attached hydrogen (secondary N) is 1. The summed E-state index contributed by atoms with van der Waals surface area (Å²) in [5.41, 5.74) is 1.11. The molecule has 2 aliphatic rings. The number of carbonyl (C=O) groups is 2. The van der Waals surface area contributed by atoms with Crippen molar-refractivity contribution in [2.45, 2.75) is 25.2 Å². The molecule has 5 rings (SSSR count). The van der Waals surface area contributed by atoms with E-state index in [2.05, 4.69) is 21.5 Å². The zero-order chi connectivity index (χ0) is 28.3. The Bertz CT molecular complexity index is 1590. The van der Waals surface area contributed by atoms with Crippen molar-refractivity contribution in [1.82, 2.24) is 14.8 Å². The van der Waals surface area contributed by atoms with Crippen molar-refractivity contribution < 1.29 is 22.7 Å². The minimum atomic E-state index is -3.87. The number of fused-ring (bicyclic) bond motifs is 1. The van der Waals surface area contributed by atoms with Gasteiger partial charge in [-0.3, -0.25) is 24.2 Å².